The van der Waals surface area contributed by atoms with Gasteiger partial charge in [0.1, 0.15) is 22.9 Å². The lowest BCUT2D eigenvalue weighted by Gasteiger charge is -2.23. The molecule has 4 rings (SSSR count). The van der Waals surface area contributed by atoms with Gasteiger partial charge in [-0.15, -0.1) is 11.3 Å². The zero-order valence-electron chi connectivity index (χ0n) is 19.7. The largest absolute Gasteiger partial charge is 0.490 e. The van der Waals surface area contributed by atoms with Crippen LogP contribution in [-0.2, 0) is 17.8 Å². The molecule has 0 radical (unpaired) electrons. The number of nitriles is 1. The molecule has 2 heterocycles. The lowest BCUT2D eigenvalue weighted by atomic mass is 9.97. The van der Waals surface area contributed by atoms with Crippen molar-refractivity contribution in [2.45, 2.75) is 58.7 Å². The van der Waals surface area contributed by atoms with Crippen molar-refractivity contribution < 1.29 is 14.6 Å². The van der Waals surface area contributed by atoms with Gasteiger partial charge in [0.25, 0.3) is 0 Å². The second-order valence-electron chi connectivity index (χ2n) is 8.78. The van der Waals surface area contributed by atoms with Crippen LogP contribution in [0.25, 0.3) is 21.0 Å². The van der Waals surface area contributed by atoms with E-state index in [0.717, 1.165) is 40.4 Å². The fourth-order valence-electron chi connectivity index (χ4n) is 4.58. The SMILES string of the molecule is CCc1c(CN2CCC[C@@H]2C(=O)O)cccc1-c1cnc(-c2ccc(OC(C)C)c(C#N)c2)s1. The zero-order chi connectivity index (χ0) is 24.2. The number of carboxylic acids is 1. The Morgan fingerprint density at radius 3 is 2.88 bits per heavy atom. The second kappa shape index (κ2) is 10.4. The third kappa shape index (κ3) is 4.98. The van der Waals surface area contributed by atoms with Gasteiger partial charge in [-0.1, -0.05) is 25.1 Å². The van der Waals surface area contributed by atoms with E-state index >= 15 is 0 Å². The van der Waals surface area contributed by atoms with Crippen LogP contribution >= 0.6 is 11.3 Å². The number of rotatable bonds is 8. The van der Waals surface area contributed by atoms with E-state index < -0.39 is 12.0 Å². The van der Waals surface area contributed by atoms with Gasteiger partial charge in [-0.2, -0.15) is 5.26 Å². The minimum absolute atomic E-state index is 0.00417. The van der Waals surface area contributed by atoms with Gasteiger partial charge < -0.3 is 9.84 Å². The van der Waals surface area contributed by atoms with Crippen LogP contribution in [0.5, 0.6) is 5.75 Å². The molecule has 0 spiro atoms. The Morgan fingerprint density at radius 1 is 1.35 bits per heavy atom. The summed E-state index contributed by atoms with van der Waals surface area (Å²) in [6.07, 6.45) is 4.36. The van der Waals surface area contributed by atoms with Crippen LogP contribution in [0.1, 0.15) is 50.3 Å². The van der Waals surface area contributed by atoms with Crippen LogP contribution < -0.4 is 4.74 Å². The number of benzene rings is 2. The Labute approximate surface area is 204 Å². The molecule has 0 unspecified atom stereocenters. The average Bonchev–Trinajstić information content (AvgIpc) is 3.49. The van der Waals surface area contributed by atoms with Gasteiger partial charge in [-0.3, -0.25) is 9.69 Å². The van der Waals surface area contributed by atoms with Gasteiger partial charge in [0.15, 0.2) is 0 Å². The van der Waals surface area contributed by atoms with E-state index in [1.807, 2.05) is 44.3 Å². The topological polar surface area (TPSA) is 86.5 Å². The quantitative estimate of drug-likeness (QED) is 0.447. The van der Waals surface area contributed by atoms with Crippen molar-refractivity contribution in [1.29, 1.82) is 5.26 Å². The van der Waals surface area contributed by atoms with E-state index in [0.29, 0.717) is 24.3 Å². The fourth-order valence-corrected chi connectivity index (χ4v) is 5.55. The first-order valence-electron chi connectivity index (χ1n) is 11.7. The van der Waals surface area contributed by atoms with Crippen LogP contribution in [-0.4, -0.2) is 39.7 Å². The summed E-state index contributed by atoms with van der Waals surface area (Å²) < 4.78 is 5.74. The number of hydrogen-bond donors (Lipinski definition) is 1. The predicted molar refractivity (Wildman–Crippen MR) is 134 cm³/mol. The molecule has 1 atom stereocenters. The molecule has 34 heavy (non-hydrogen) atoms. The zero-order valence-corrected chi connectivity index (χ0v) is 20.6. The Hall–Kier alpha value is -3.21. The predicted octanol–water partition coefficient (Wildman–Crippen LogP) is 5.75. The lowest BCUT2D eigenvalue weighted by molar-refractivity contribution is -0.142. The van der Waals surface area contributed by atoms with E-state index in [1.54, 1.807) is 11.3 Å². The van der Waals surface area contributed by atoms with Crippen molar-refractivity contribution in [1.82, 2.24) is 9.88 Å². The van der Waals surface area contributed by atoms with Crippen LogP contribution in [0.2, 0.25) is 0 Å². The lowest BCUT2D eigenvalue weighted by Crippen LogP contribution is -2.35. The number of carbonyl (C=O) groups is 1. The van der Waals surface area contributed by atoms with Gasteiger partial charge in [-0.25, -0.2) is 4.98 Å². The highest BCUT2D eigenvalue weighted by Gasteiger charge is 2.30. The minimum atomic E-state index is -0.736. The third-order valence-corrected chi connectivity index (χ3v) is 7.21. The first-order chi connectivity index (χ1) is 16.4. The summed E-state index contributed by atoms with van der Waals surface area (Å²) in [4.78, 5) is 19.4. The number of hydrogen-bond acceptors (Lipinski definition) is 6. The van der Waals surface area contributed by atoms with E-state index in [2.05, 4.69) is 35.0 Å². The first kappa shape index (κ1) is 23.9. The van der Waals surface area contributed by atoms with E-state index in [4.69, 9.17) is 4.74 Å². The second-order valence-corrected chi connectivity index (χ2v) is 9.81. The molecule has 7 heteroatoms. The van der Waals surface area contributed by atoms with Gasteiger partial charge in [0.2, 0.25) is 0 Å². The van der Waals surface area contributed by atoms with Crippen molar-refractivity contribution in [3.05, 3.63) is 59.3 Å². The summed E-state index contributed by atoms with van der Waals surface area (Å²) in [5.74, 6) is -0.152. The van der Waals surface area contributed by atoms with Crippen LogP contribution in [0, 0.1) is 11.3 Å². The van der Waals surface area contributed by atoms with E-state index in [1.165, 1.54) is 11.1 Å². The summed E-state index contributed by atoms with van der Waals surface area (Å²) in [6, 6.07) is 13.7. The van der Waals surface area contributed by atoms with Crippen LogP contribution in [0.15, 0.2) is 42.6 Å². The van der Waals surface area contributed by atoms with Gasteiger partial charge in [0, 0.05) is 18.3 Å². The maximum absolute atomic E-state index is 11.6. The molecule has 1 fully saturated rings. The highest BCUT2D eigenvalue weighted by Crippen LogP contribution is 2.37. The molecule has 0 saturated carbocycles. The molecule has 1 saturated heterocycles. The van der Waals surface area contributed by atoms with Crippen LogP contribution in [0.4, 0.5) is 0 Å². The molecule has 0 bridgehead atoms. The summed E-state index contributed by atoms with van der Waals surface area (Å²) >= 11 is 1.60. The summed E-state index contributed by atoms with van der Waals surface area (Å²) in [7, 11) is 0. The standard InChI is InChI=1S/C27H29N3O3S/c1-4-21-19(16-30-12-6-9-23(30)27(31)32)7-5-8-22(21)25-15-29-26(34-25)18-10-11-24(33-17(2)3)20(13-18)14-28/h5,7-8,10-11,13,15,17,23H,4,6,9,12,16H2,1-3H3,(H,31,32)/t23-/m1/s1. The maximum atomic E-state index is 11.6. The third-order valence-electron chi connectivity index (χ3n) is 6.13. The van der Waals surface area contributed by atoms with Gasteiger partial charge in [0.05, 0.1) is 16.5 Å². The number of aromatic nitrogens is 1. The molecule has 2 aromatic carbocycles. The number of likely N-dealkylation sites (tertiary alicyclic amines) is 1. The highest BCUT2D eigenvalue weighted by atomic mass is 32.1. The molecule has 0 amide bonds. The molecule has 1 aliphatic rings. The monoisotopic (exact) mass is 475 g/mol. The molecule has 0 aliphatic carbocycles. The van der Waals surface area contributed by atoms with E-state index in [-0.39, 0.29) is 6.10 Å². The van der Waals surface area contributed by atoms with Crippen molar-refractivity contribution in [2.24, 2.45) is 0 Å². The normalized spacial score (nSPS) is 16.0. The molecular weight excluding hydrogens is 446 g/mol. The Morgan fingerprint density at radius 2 is 2.18 bits per heavy atom. The van der Waals surface area contributed by atoms with Crippen molar-refractivity contribution in [2.75, 3.05) is 6.54 Å². The van der Waals surface area contributed by atoms with Crippen molar-refractivity contribution >= 4 is 17.3 Å². The Kier molecular flexibility index (Phi) is 7.30. The number of thiazole rings is 1. The fraction of sp³-hybridized carbons (Fsp3) is 0.370. The Bertz CT molecular complexity index is 1230. The first-order valence-corrected chi connectivity index (χ1v) is 12.5. The maximum Gasteiger partial charge on any atom is 0.320 e. The highest BCUT2D eigenvalue weighted by molar-refractivity contribution is 7.18. The summed E-state index contributed by atoms with van der Waals surface area (Å²) in [5.41, 5.74) is 4.92. The number of carboxylic acid groups (broad SMARTS) is 1. The molecule has 1 N–H and O–H groups in total. The smallest absolute Gasteiger partial charge is 0.320 e. The van der Waals surface area contributed by atoms with Crippen LogP contribution in [0.3, 0.4) is 0 Å². The summed E-state index contributed by atoms with van der Waals surface area (Å²) in [6.45, 7) is 7.46. The number of aliphatic carboxylic acids is 1. The summed E-state index contributed by atoms with van der Waals surface area (Å²) in [5, 5.41) is 20.0. The molecule has 1 aromatic heterocycles. The van der Waals surface area contributed by atoms with Gasteiger partial charge >= 0.3 is 5.97 Å². The molecule has 3 aromatic rings. The average molecular weight is 476 g/mol. The van der Waals surface area contributed by atoms with Crippen molar-refractivity contribution in [3.8, 4) is 32.8 Å². The molecule has 176 valence electrons. The number of ether oxygens (including phenoxy) is 1. The van der Waals surface area contributed by atoms with Crippen molar-refractivity contribution in [3.63, 3.8) is 0 Å². The molecular formula is C27H29N3O3S. The minimum Gasteiger partial charge on any atom is -0.490 e. The van der Waals surface area contributed by atoms with Gasteiger partial charge in [-0.05, 0) is 74.5 Å². The van der Waals surface area contributed by atoms with E-state index in [9.17, 15) is 15.2 Å². The molecule has 6 nitrogen and oxygen atoms in total. The molecule has 1 aliphatic heterocycles. The number of nitrogens with zero attached hydrogens (tertiary/aromatic N) is 3. The Balaban J connectivity index is 1.63.